The second-order valence-electron chi connectivity index (χ2n) is 5.00. The number of hydrogen-bond acceptors (Lipinski definition) is 2. The van der Waals surface area contributed by atoms with Gasteiger partial charge in [0.2, 0.25) is 0 Å². The zero-order valence-corrected chi connectivity index (χ0v) is 11.9. The molecule has 2 rings (SSSR count). The third-order valence-electron chi connectivity index (χ3n) is 3.14. The van der Waals surface area contributed by atoms with Crippen molar-refractivity contribution in [3.05, 3.63) is 59.4 Å². The molecule has 1 atom stereocenters. The maximum absolute atomic E-state index is 13.9. The average molecular weight is 273 g/mol. The van der Waals surface area contributed by atoms with Gasteiger partial charge in [0.1, 0.15) is 17.3 Å². The fourth-order valence-corrected chi connectivity index (χ4v) is 2.11. The summed E-state index contributed by atoms with van der Waals surface area (Å²) in [6.45, 7) is 3.94. The van der Waals surface area contributed by atoms with Crippen molar-refractivity contribution < 1.29 is 9.13 Å². The normalized spacial score (nSPS) is 12.2. The van der Waals surface area contributed by atoms with E-state index in [2.05, 4.69) is 6.92 Å². The van der Waals surface area contributed by atoms with Crippen molar-refractivity contribution in [2.45, 2.75) is 32.7 Å². The summed E-state index contributed by atoms with van der Waals surface area (Å²) in [5.41, 5.74) is 7.50. The molecule has 1 unspecified atom stereocenters. The van der Waals surface area contributed by atoms with Crippen LogP contribution in [0.15, 0.2) is 42.5 Å². The fraction of sp³-hybridized carbons (Fsp3) is 0.294. The van der Waals surface area contributed by atoms with Gasteiger partial charge in [-0.05, 0) is 49.6 Å². The van der Waals surface area contributed by atoms with Crippen molar-refractivity contribution in [3.63, 3.8) is 0 Å². The van der Waals surface area contributed by atoms with Crippen LogP contribution in [0.1, 0.15) is 25.0 Å². The monoisotopic (exact) mass is 273 g/mol. The van der Waals surface area contributed by atoms with Gasteiger partial charge in [-0.3, -0.25) is 0 Å². The Bertz CT molecular complexity index is 581. The Balaban J connectivity index is 2.30. The number of hydrogen-bond donors (Lipinski definition) is 1. The van der Waals surface area contributed by atoms with Gasteiger partial charge in [-0.15, -0.1) is 0 Å². The van der Waals surface area contributed by atoms with Crippen LogP contribution in [0.25, 0.3) is 0 Å². The molecule has 2 nitrogen and oxygen atoms in total. The van der Waals surface area contributed by atoms with Gasteiger partial charge in [-0.25, -0.2) is 4.39 Å². The largest absolute Gasteiger partial charge is 0.457 e. The van der Waals surface area contributed by atoms with E-state index in [9.17, 15) is 4.39 Å². The van der Waals surface area contributed by atoms with Gasteiger partial charge < -0.3 is 10.5 Å². The van der Waals surface area contributed by atoms with Gasteiger partial charge in [-0.2, -0.15) is 0 Å². The van der Waals surface area contributed by atoms with E-state index in [0.29, 0.717) is 17.7 Å². The highest BCUT2D eigenvalue weighted by molar-refractivity contribution is 5.40. The van der Waals surface area contributed by atoms with Crippen LogP contribution in [-0.4, -0.2) is 6.04 Å². The first-order chi connectivity index (χ1) is 9.60. The molecule has 106 valence electrons. The molecule has 2 N–H and O–H groups in total. The van der Waals surface area contributed by atoms with E-state index in [0.717, 1.165) is 12.2 Å². The number of aryl methyl sites for hydroxylation is 1. The third kappa shape index (κ3) is 3.58. The lowest BCUT2D eigenvalue weighted by Gasteiger charge is -2.14. The zero-order valence-electron chi connectivity index (χ0n) is 11.9. The summed E-state index contributed by atoms with van der Waals surface area (Å²) in [4.78, 5) is 0. The van der Waals surface area contributed by atoms with Gasteiger partial charge in [0.05, 0.1) is 0 Å². The van der Waals surface area contributed by atoms with Crippen LogP contribution in [0.4, 0.5) is 4.39 Å². The maximum atomic E-state index is 13.9. The molecule has 0 heterocycles. The second-order valence-corrected chi connectivity index (χ2v) is 5.00. The third-order valence-corrected chi connectivity index (χ3v) is 3.14. The Morgan fingerprint density at radius 2 is 1.95 bits per heavy atom. The molecule has 0 amide bonds. The molecule has 2 aromatic carbocycles. The van der Waals surface area contributed by atoms with Crippen LogP contribution in [0, 0.1) is 5.82 Å². The first kappa shape index (κ1) is 14.5. The number of rotatable bonds is 5. The van der Waals surface area contributed by atoms with Crippen molar-refractivity contribution in [2.24, 2.45) is 5.73 Å². The Hall–Kier alpha value is -1.87. The molecule has 0 bridgehead atoms. The SMILES string of the molecule is CCc1cccc(Oc2cccc(F)c2CC(C)N)c1. The van der Waals surface area contributed by atoms with Crippen molar-refractivity contribution in [3.8, 4) is 11.5 Å². The molecule has 2 aromatic rings. The molecular weight excluding hydrogens is 253 g/mol. The smallest absolute Gasteiger partial charge is 0.133 e. The molecule has 0 aromatic heterocycles. The van der Waals surface area contributed by atoms with Gasteiger partial charge in [0, 0.05) is 11.6 Å². The molecule has 0 aliphatic carbocycles. The van der Waals surface area contributed by atoms with Crippen LogP contribution in [0.5, 0.6) is 11.5 Å². The molecule has 20 heavy (non-hydrogen) atoms. The molecule has 0 radical (unpaired) electrons. The molecule has 0 saturated carbocycles. The van der Waals surface area contributed by atoms with E-state index < -0.39 is 0 Å². The quantitative estimate of drug-likeness (QED) is 0.891. The fourth-order valence-electron chi connectivity index (χ4n) is 2.11. The molecule has 0 aliphatic heterocycles. The van der Waals surface area contributed by atoms with E-state index >= 15 is 0 Å². The number of benzene rings is 2. The summed E-state index contributed by atoms with van der Waals surface area (Å²) in [5, 5.41) is 0. The number of ether oxygens (including phenoxy) is 1. The van der Waals surface area contributed by atoms with Crippen molar-refractivity contribution >= 4 is 0 Å². The summed E-state index contributed by atoms with van der Waals surface area (Å²) in [5.74, 6) is 0.989. The van der Waals surface area contributed by atoms with Gasteiger partial charge in [0.25, 0.3) is 0 Å². The van der Waals surface area contributed by atoms with E-state index in [4.69, 9.17) is 10.5 Å². The van der Waals surface area contributed by atoms with Gasteiger partial charge >= 0.3 is 0 Å². The lowest BCUT2D eigenvalue weighted by molar-refractivity contribution is 0.463. The van der Waals surface area contributed by atoms with E-state index in [1.807, 2.05) is 31.2 Å². The van der Waals surface area contributed by atoms with Crippen LogP contribution in [0.3, 0.4) is 0 Å². The predicted octanol–water partition coefficient (Wildman–Crippen LogP) is 4.07. The van der Waals surface area contributed by atoms with Crippen molar-refractivity contribution in [2.75, 3.05) is 0 Å². The highest BCUT2D eigenvalue weighted by Crippen LogP contribution is 2.28. The maximum Gasteiger partial charge on any atom is 0.133 e. The molecule has 0 fully saturated rings. The molecule has 0 saturated heterocycles. The summed E-state index contributed by atoms with van der Waals surface area (Å²) in [6, 6.07) is 12.6. The first-order valence-corrected chi connectivity index (χ1v) is 6.90. The lowest BCUT2D eigenvalue weighted by atomic mass is 10.1. The Labute approximate surface area is 119 Å². The Morgan fingerprint density at radius 1 is 1.20 bits per heavy atom. The minimum absolute atomic E-state index is 0.115. The average Bonchev–Trinajstić information content (AvgIpc) is 2.42. The molecular formula is C17H20FNO. The first-order valence-electron chi connectivity index (χ1n) is 6.90. The van der Waals surface area contributed by atoms with Gasteiger partial charge in [-0.1, -0.05) is 25.1 Å². The minimum Gasteiger partial charge on any atom is -0.457 e. The van der Waals surface area contributed by atoms with Gasteiger partial charge in [0.15, 0.2) is 0 Å². The Morgan fingerprint density at radius 3 is 2.65 bits per heavy atom. The number of nitrogens with two attached hydrogens (primary N) is 1. The van der Waals surface area contributed by atoms with Crippen LogP contribution < -0.4 is 10.5 Å². The highest BCUT2D eigenvalue weighted by atomic mass is 19.1. The summed E-state index contributed by atoms with van der Waals surface area (Å²) in [6.07, 6.45) is 1.39. The minimum atomic E-state index is -0.272. The topological polar surface area (TPSA) is 35.2 Å². The summed E-state index contributed by atoms with van der Waals surface area (Å²) in [7, 11) is 0. The van der Waals surface area contributed by atoms with Crippen molar-refractivity contribution in [1.29, 1.82) is 0 Å². The zero-order chi connectivity index (χ0) is 14.5. The van der Waals surface area contributed by atoms with E-state index in [1.54, 1.807) is 12.1 Å². The second kappa shape index (κ2) is 6.53. The highest BCUT2D eigenvalue weighted by Gasteiger charge is 2.12. The van der Waals surface area contributed by atoms with E-state index in [1.165, 1.54) is 11.6 Å². The van der Waals surface area contributed by atoms with Crippen LogP contribution in [-0.2, 0) is 12.8 Å². The van der Waals surface area contributed by atoms with Crippen LogP contribution in [0.2, 0.25) is 0 Å². The van der Waals surface area contributed by atoms with E-state index in [-0.39, 0.29) is 11.9 Å². The summed E-state index contributed by atoms with van der Waals surface area (Å²) >= 11 is 0. The molecule has 0 aliphatic rings. The molecule has 0 spiro atoms. The standard InChI is InChI=1S/C17H20FNO/c1-3-13-6-4-7-14(11-13)20-17-9-5-8-16(18)15(17)10-12(2)19/h4-9,11-12H,3,10,19H2,1-2H3. The lowest BCUT2D eigenvalue weighted by Crippen LogP contribution is -2.19. The number of halogens is 1. The van der Waals surface area contributed by atoms with Crippen molar-refractivity contribution in [1.82, 2.24) is 0 Å². The molecule has 3 heteroatoms. The Kier molecular flexibility index (Phi) is 4.74. The summed E-state index contributed by atoms with van der Waals surface area (Å²) < 4.78 is 19.8. The van der Waals surface area contributed by atoms with Crippen LogP contribution >= 0.6 is 0 Å². The predicted molar refractivity (Wildman–Crippen MR) is 79.6 cm³/mol.